The van der Waals surface area contributed by atoms with E-state index in [9.17, 15) is 9.18 Å². The van der Waals surface area contributed by atoms with Gasteiger partial charge in [-0.05, 0) is 24.3 Å². The van der Waals surface area contributed by atoms with Crippen LogP contribution in [0.15, 0.2) is 53.1 Å². The molecule has 0 spiro atoms. The molecule has 2 aromatic carbocycles. The molecule has 0 atom stereocenters. The lowest BCUT2D eigenvalue weighted by atomic mass is 10.1. The van der Waals surface area contributed by atoms with Crippen LogP contribution in [0.1, 0.15) is 10.4 Å². The molecule has 1 heterocycles. The maximum Gasteiger partial charge on any atom is 0.336 e. The normalized spacial score (nSPS) is 10.5. The van der Waals surface area contributed by atoms with E-state index in [-0.39, 0.29) is 22.8 Å². The first kappa shape index (κ1) is 13.0. The number of rotatable bonds is 3. The van der Waals surface area contributed by atoms with E-state index in [2.05, 4.69) is 10.1 Å². The number of carboxylic acid groups (broad SMARTS) is 1. The maximum absolute atomic E-state index is 13.7. The highest BCUT2D eigenvalue weighted by molar-refractivity contribution is 5.94. The van der Waals surface area contributed by atoms with E-state index in [1.165, 1.54) is 18.2 Å². The molecule has 0 aliphatic carbocycles. The van der Waals surface area contributed by atoms with Crippen LogP contribution >= 0.6 is 0 Å². The van der Waals surface area contributed by atoms with Gasteiger partial charge in [0.05, 0.1) is 16.7 Å². The fraction of sp³-hybridized carbons (Fsp3) is 0. The number of nitrogens with zero attached hydrogens (tertiary/aromatic N) is 2. The van der Waals surface area contributed by atoms with Crippen LogP contribution in [0.3, 0.4) is 0 Å². The van der Waals surface area contributed by atoms with Gasteiger partial charge in [0.15, 0.2) is 0 Å². The molecule has 1 N–H and O–H groups in total. The first-order valence-electron chi connectivity index (χ1n) is 6.08. The van der Waals surface area contributed by atoms with Gasteiger partial charge < -0.3 is 9.63 Å². The van der Waals surface area contributed by atoms with Gasteiger partial charge in [-0.3, -0.25) is 0 Å². The standard InChI is InChI=1S/C15H9FN2O3/c16-12-8-4-3-7-11(12)13-17-14(21-18-13)9-5-1-2-6-10(9)15(19)20/h1-8H,(H,19,20). The lowest BCUT2D eigenvalue weighted by Crippen LogP contribution is -1.99. The summed E-state index contributed by atoms with van der Waals surface area (Å²) < 4.78 is 18.7. The SMILES string of the molecule is O=C(O)c1ccccc1-c1nc(-c2ccccc2F)no1. The summed E-state index contributed by atoms with van der Waals surface area (Å²) in [6, 6.07) is 12.3. The van der Waals surface area contributed by atoms with Gasteiger partial charge in [-0.2, -0.15) is 4.98 Å². The van der Waals surface area contributed by atoms with Crippen molar-refractivity contribution in [1.82, 2.24) is 10.1 Å². The highest BCUT2D eigenvalue weighted by Crippen LogP contribution is 2.26. The molecule has 0 radical (unpaired) electrons. The second kappa shape index (κ2) is 5.16. The molecule has 0 bridgehead atoms. The Balaban J connectivity index is 2.08. The van der Waals surface area contributed by atoms with Crippen molar-refractivity contribution in [3.05, 3.63) is 59.9 Å². The van der Waals surface area contributed by atoms with Crippen molar-refractivity contribution in [2.24, 2.45) is 0 Å². The molecule has 1 aromatic heterocycles. The summed E-state index contributed by atoms with van der Waals surface area (Å²) in [6.07, 6.45) is 0. The second-order valence-corrected chi connectivity index (χ2v) is 4.25. The van der Waals surface area contributed by atoms with Crippen molar-refractivity contribution in [2.45, 2.75) is 0 Å². The first-order chi connectivity index (χ1) is 10.2. The lowest BCUT2D eigenvalue weighted by Gasteiger charge is -1.99. The van der Waals surface area contributed by atoms with Gasteiger partial charge in [0.1, 0.15) is 5.82 Å². The van der Waals surface area contributed by atoms with E-state index < -0.39 is 11.8 Å². The van der Waals surface area contributed by atoms with Gasteiger partial charge in [-0.15, -0.1) is 0 Å². The van der Waals surface area contributed by atoms with Crippen molar-refractivity contribution in [3.8, 4) is 22.8 Å². The summed E-state index contributed by atoms with van der Waals surface area (Å²) in [4.78, 5) is 15.2. The largest absolute Gasteiger partial charge is 0.478 e. The molecule has 5 nitrogen and oxygen atoms in total. The van der Waals surface area contributed by atoms with Gasteiger partial charge in [-0.25, -0.2) is 9.18 Å². The average molecular weight is 284 g/mol. The molecule has 3 rings (SSSR count). The molecule has 3 aromatic rings. The summed E-state index contributed by atoms with van der Waals surface area (Å²) >= 11 is 0. The van der Waals surface area contributed by atoms with Crippen LogP contribution in [0.4, 0.5) is 4.39 Å². The highest BCUT2D eigenvalue weighted by Gasteiger charge is 2.18. The number of hydrogen-bond donors (Lipinski definition) is 1. The van der Waals surface area contributed by atoms with Crippen LogP contribution in [0.25, 0.3) is 22.8 Å². The Kier molecular flexibility index (Phi) is 3.19. The minimum atomic E-state index is -1.10. The molecule has 0 fully saturated rings. The number of aromatic carboxylic acids is 1. The Morgan fingerprint density at radius 3 is 2.43 bits per heavy atom. The summed E-state index contributed by atoms with van der Waals surface area (Å²) in [5.41, 5.74) is 0.529. The van der Waals surface area contributed by atoms with E-state index in [0.717, 1.165) is 0 Å². The van der Waals surface area contributed by atoms with Gasteiger partial charge in [0.25, 0.3) is 5.89 Å². The number of benzene rings is 2. The summed E-state index contributed by atoms with van der Waals surface area (Å²) in [5, 5.41) is 12.9. The Bertz CT molecular complexity index is 814. The lowest BCUT2D eigenvalue weighted by molar-refractivity contribution is 0.0697. The topological polar surface area (TPSA) is 76.2 Å². The third-order valence-corrected chi connectivity index (χ3v) is 2.93. The molecule has 0 aliphatic rings. The first-order valence-corrected chi connectivity index (χ1v) is 6.08. The summed E-state index contributed by atoms with van der Waals surface area (Å²) in [7, 11) is 0. The Morgan fingerprint density at radius 2 is 1.71 bits per heavy atom. The molecule has 0 unspecified atom stereocenters. The monoisotopic (exact) mass is 284 g/mol. The van der Waals surface area contributed by atoms with Crippen LogP contribution in [0, 0.1) is 5.82 Å². The molecule has 0 saturated heterocycles. The number of hydrogen-bond acceptors (Lipinski definition) is 4. The van der Waals surface area contributed by atoms with E-state index in [0.29, 0.717) is 5.56 Å². The zero-order valence-corrected chi connectivity index (χ0v) is 10.7. The number of aromatic nitrogens is 2. The van der Waals surface area contributed by atoms with Crippen LogP contribution in [-0.4, -0.2) is 21.2 Å². The average Bonchev–Trinajstić information content (AvgIpc) is 2.97. The predicted molar refractivity (Wildman–Crippen MR) is 72.1 cm³/mol. The highest BCUT2D eigenvalue weighted by atomic mass is 19.1. The predicted octanol–water partition coefficient (Wildman–Crippen LogP) is 3.24. The molecule has 0 amide bonds. The van der Waals surface area contributed by atoms with Gasteiger partial charge >= 0.3 is 5.97 Å². The van der Waals surface area contributed by atoms with Crippen molar-refractivity contribution in [2.75, 3.05) is 0 Å². The minimum Gasteiger partial charge on any atom is -0.478 e. The zero-order valence-electron chi connectivity index (χ0n) is 10.7. The Labute approximate surface area is 118 Å². The Morgan fingerprint density at radius 1 is 1.05 bits per heavy atom. The van der Waals surface area contributed by atoms with Crippen molar-refractivity contribution in [1.29, 1.82) is 0 Å². The smallest absolute Gasteiger partial charge is 0.336 e. The van der Waals surface area contributed by atoms with Crippen molar-refractivity contribution in [3.63, 3.8) is 0 Å². The van der Waals surface area contributed by atoms with Crippen LogP contribution in [0.2, 0.25) is 0 Å². The third-order valence-electron chi connectivity index (χ3n) is 2.93. The van der Waals surface area contributed by atoms with Crippen molar-refractivity contribution < 1.29 is 18.8 Å². The minimum absolute atomic E-state index is 0.0336. The van der Waals surface area contributed by atoms with Gasteiger partial charge in [0.2, 0.25) is 5.82 Å². The maximum atomic E-state index is 13.7. The Hall–Kier alpha value is -3.02. The zero-order chi connectivity index (χ0) is 14.8. The summed E-state index contributed by atoms with van der Waals surface area (Å²) in [6.45, 7) is 0. The van der Waals surface area contributed by atoms with E-state index in [1.807, 2.05) is 0 Å². The molecular weight excluding hydrogens is 275 g/mol. The fourth-order valence-corrected chi connectivity index (χ4v) is 1.94. The van der Waals surface area contributed by atoms with Crippen molar-refractivity contribution >= 4 is 5.97 Å². The second-order valence-electron chi connectivity index (χ2n) is 4.25. The number of carbonyl (C=O) groups is 1. The molecule has 6 heteroatoms. The van der Waals surface area contributed by atoms with E-state index >= 15 is 0 Å². The van der Waals surface area contributed by atoms with Crippen LogP contribution < -0.4 is 0 Å². The fourth-order valence-electron chi connectivity index (χ4n) is 1.94. The molecule has 21 heavy (non-hydrogen) atoms. The molecule has 104 valence electrons. The van der Waals surface area contributed by atoms with Gasteiger partial charge in [0, 0.05) is 0 Å². The molecular formula is C15H9FN2O3. The number of halogens is 1. The summed E-state index contributed by atoms with van der Waals surface area (Å²) in [5.74, 6) is -1.47. The quantitative estimate of drug-likeness (QED) is 0.799. The molecule has 0 aliphatic heterocycles. The number of carboxylic acids is 1. The van der Waals surface area contributed by atoms with Crippen LogP contribution in [0.5, 0.6) is 0 Å². The molecule has 0 saturated carbocycles. The van der Waals surface area contributed by atoms with Gasteiger partial charge in [-0.1, -0.05) is 29.4 Å². The third kappa shape index (κ3) is 2.38. The van der Waals surface area contributed by atoms with Crippen LogP contribution in [-0.2, 0) is 0 Å². The van der Waals surface area contributed by atoms with E-state index in [4.69, 9.17) is 9.63 Å². The van der Waals surface area contributed by atoms with E-state index in [1.54, 1.807) is 30.3 Å².